The van der Waals surface area contributed by atoms with E-state index in [0.717, 1.165) is 5.57 Å². The van der Waals surface area contributed by atoms with Crippen LogP contribution in [-0.4, -0.2) is 0 Å². The van der Waals surface area contributed by atoms with Gasteiger partial charge in [0, 0.05) is 0 Å². The quantitative estimate of drug-likeness (QED) is 0.419. The fourth-order valence-electron chi connectivity index (χ4n) is 0.530. The highest BCUT2D eigenvalue weighted by Gasteiger charge is 1.92. The van der Waals surface area contributed by atoms with Crippen LogP contribution in [0.2, 0.25) is 0 Å². The third-order valence-corrected chi connectivity index (χ3v) is 1.26. The van der Waals surface area contributed by atoms with Crippen LogP contribution in [0.5, 0.6) is 0 Å². The molecule has 0 aliphatic rings. The summed E-state index contributed by atoms with van der Waals surface area (Å²) in [5, 5.41) is 8.55. The Morgan fingerprint density at radius 1 is 1.60 bits per heavy atom. The monoisotopic (exact) mass is 133 g/mol. The molecule has 0 saturated heterocycles. The molecule has 0 radical (unpaired) electrons. The van der Waals surface area contributed by atoms with Crippen LogP contribution in [0.25, 0.3) is 0 Å². The zero-order chi connectivity index (χ0) is 7.98. The second kappa shape index (κ2) is 4.58. The molecule has 0 atom stereocenters. The molecule has 0 fully saturated rings. The Balaban J connectivity index is 4.56. The zero-order valence-corrected chi connectivity index (χ0v) is 6.39. The van der Waals surface area contributed by atoms with E-state index in [2.05, 4.69) is 12.6 Å². The molecule has 0 aliphatic heterocycles. The van der Waals surface area contributed by atoms with Gasteiger partial charge in [-0.2, -0.15) is 5.26 Å². The third-order valence-electron chi connectivity index (χ3n) is 1.26. The molecule has 0 aromatic rings. The van der Waals surface area contributed by atoms with Crippen molar-refractivity contribution in [2.24, 2.45) is 0 Å². The molecule has 1 nitrogen and oxygen atoms in total. The largest absolute Gasteiger partial charge is 0.192 e. The molecular formula is C9H11N. The molecule has 52 valence electrons. The molecule has 0 N–H and O–H groups in total. The van der Waals surface area contributed by atoms with Crippen LogP contribution >= 0.6 is 0 Å². The van der Waals surface area contributed by atoms with Crippen molar-refractivity contribution < 1.29 is 0 Å². The molecule has 0 bridgehead atoms. The molecule has 0 aliphatic carbocycles. The van der Waals surface area contributed by atoms with Gasteiger partial charge in [-0.1, -0.05) is 18.7 Å². The van der Waals surface area contributed by atoms with Gasteiger partial charge in [0.15, 0.2) is 0 Å². The van der Waals surface area contributed by atoms with Gasteiger partial charge in [0.25, 0.3) is 0 Å². The van der Waals surface area contributed by atoms with Crippen molar-refractivity contribution in [1.29, 1.82) is 5.26 Å². The summed E-state index contributed by atoms with van der Waals surface area (Å²) in [4.78, 5) is 0. The van der Waals surface area contributed by atoms with Crippen LogP contribution in [0.4, 0.5) is 0 Å². The lowest BCUT2D eigenvalue weighted by Crippen LogP contribution is -1.78. The highest BCUT2D eigenvalue weighted by Crippen LogP contribution is 2.06. The summed E-state index contributed by atoms with van der Waals surface area (Å²) in [7, 11) is 0. The van der Waals surface area contributed by atoms with Crippen molar-refractivity contribution in [3.05, 3.63) is 36.0 Å². The molecule has 0 unspecified atom stereocenters. The minimum atomic E-state index is 0.678. The van der Waals surface area contributed by atoms with E-state index >= 15 is 0 Å². The molecule has 0 rings (SSSR count). The summed E-state index contributed by atoms with van der Waals surface area (Å²) in [6.07, 6.45) is 5.22. The normalized spacial score (nSPS) is 12.5. The second-order valence-electron chi connectivity index (χ2n) is 1.90. The van der Waals surface area contributed by atoms with Crippen molar-refractivity contribution in [3.63, 3.8) is 0 Å². The Morgan fingerprint density at radius 3 is 2.50 bits per heavy atom. The first-order chi connectivity index (χ1) is 4.76. The second-order valence-corrected chi connectivity index (χ2v) is 1.90. The number of nitrogens with zero attached hydrogens (tertiary/aromatic N) is 1. The standard InChI is InChI=1S/C9H11N/c1-4-6-9(7-10)8(3)5-2/h4-6H,1H2,2-3H3/b8-5-,9-6-. The molecule has 0 saturated carbocycles. The van der Waals surface area contributed by atoms with Gasteiger partial charge in [-0.15, -0.1) is 0 Å². The number of hydrogen-bond acceptors (Lipinski definition) is 1. The molecule has 10 heavy (non-hydrogen) atoms. The van der Waals surface area contributed by atoms with Gasteiger partial charge in [-0.25, -0.2) is 0 Å². The molecule has 0 aromatic heterocycles. The van der Waals surface area contributed by atoms with E-state index in [4.69, 9.17) is 5.26 Å². The van der Waals surface area contributed by atoms with Gasteiger partial charge in [0.2, 0.25) is 0 Å². The van der Waals surface area contributed by atoms with E-state index in [1.165, 1.54) is 0 Å². The number of nitriles is 1. The Morgan fingerprint density at radius 2 is 2.20 bits per heavy atom. The zero-order valence-electron chi connectivity index (χ0n) is 6.39. The SMILES string of the molecule is C=C/C=C(C#N)\C(C)=C/C. The van der Waals surface area contributed by atoms with Crippen molar-refractivity contribution >= 4 is 0 Å². The summed E-state index contributed by atoms with van der Waals surface area (Å²) in [5.41, 5.74) is 1.67. The lowest BCUT2D eigenvalue weighted by molar-refractivity contribution is 1.38. The van der Waals surface area contributed by atoms with Crippen molar-refractivity contribution in [2.45, 2.75) is 13.8 Å². The minimum absolute atomic E-state index is 0.678. The maximum absolute atomic E-state index is 8.55. The van der Waals surface area contributed by atoms with Gasteiger partial charge in [0.05, 0.1) is 11.6 Å². The van der Waals surface area contributed by atoms with Crippen molar-refractivity contribution in [1.82, 2.24) is 0 Å². The average Bonchev–Trinajstić information content (AvgIpc) is 1.99. The molecule has 0 amide bonds. The maximum Gasteiger partial charge on any atom is 0.0994 e. The lowest BCUT2D eigenvalue weighted by Gasteiger charge is -1.92. The Bertz CT molecular complexity index is 213. The smallest absolute Gasteiger partial charge is 0.0994 e. The van der Waals surface area contributed by atoms with E-state index < -0.39 is 0 Å². The lowest BCUT2D eigenvalue weighted by atomic mass is 10.1. The highest BCUT2D eigenvalue weighted by atomic mass is 14.2. The summed E-state index contributed by atoms with van der Waals surface area (Å²) >= 11 is 0. The molecule has 1 heteroatoms. The van der Waals surface area contributed by atoms with Gasteiger partial charge in [0.1, 0.15) is 0 Å². The molecule has 0 spiro atoms. The first-order valence-electron chi connectivity index (χ1n) is 3.12. The van der Waals surface area contributed by atoms with E-state index in [9.17, 15) is 0 Å². The van der Waals surface area contributed by atoms with Crippen LogP contribution in [-0.2, 0) is 0 Å². The average molecular weight is 133 g/mol. The van der Waals surface area contributed by atoms with Crippen LogP contribution in [0, 0.1) is 11.3 Å². The first kappa shape index (κ1) is 8.71. The third kappa shape index (κ3) is 2.32. The number of allylic oxidation sites excluding steroid dienone is 5. The summed E-state index contributed by atoms with van der Waals surface area (Å²) in [6, 6.07) is 2.08. The van der Waals surface area contributed by atoms with Crippen molar-refractivity contribution in [3.8, 4) is 6.07 Å². The van der Waals surface area contributed by atoms with E-state index in [1.54, 1.807) is 12.2 Å². The minimum Gasteiger partial charge on any atom is -0.192 e. The van der Waals surface area contributed by atoms with Gasteiger partial charge in [-0.3, -0.25) is 0 Å². The van der Waals surface area contributed by atoms with E-state index in [1.807, 2.05) is 19.9 Å². The Labute approximate surface area is 62.0 Å². The van der Waals surface area contributed by atoms with Gasteiger partial charge < -0.3 is 0 Å². The van der Waals surface area contributed by atoms with Crippen LogP contribution in [0.3, 0.4) is 0 Å². The van der Waals surface area contributed by atoms with Gasteiger partial charge >= 0.3 is 0 Å². The molecular weight excluding hydrogens is 122 g/mol. The summed E-state index contributed by atoms with van der Waals surface area (Å²) in [5.74, 6) is 0. The topological polar surface area (TPSA) is 23.8 Å². The van der Waals surface area contributed by atoms with E-state index in [0.29, 0.717) is 5.57 Å². The number of rotatable bonds is 2. The maximum atomic E-state index is 8.55. The van der Waals surface area contributed by atoms with Crippen molar-refractivity contribution in [2.75, 3.05) is 0 Å². The molecule has 0 aromatic carbocycles. The highest BCUT2D eigenvalue weighted by molar-refractivity contribution is 5.41. The molecule has 0 heterocycles. The predicted octanol–water partition coefficient (Wildman–Crippen LogP) is 2.59. The van der Waals surface area contributed by atoms with Crippen LogP contribution in [0.15, 0.2) is 36.0 Å². The Hall–Kier alpha value is -1.29. The van der Waals surface area contributed by atoms with Crippen LogP contribution in [0.1, 0.15) is 13.8 Å². The summed E-state index contributed by atoms with van der Waals surface area (Å²) in [6.45, 7) is 7.32. The van der Waals surface area contributed by atoms with Crippen LogP contribution < -0.4 is 0 Å². The Kier molecular flexibility index (Phi) is 3.99. The number of hydrogen-bond donors (Lipinski definition) is 0. The first-order valence-corrected chi connectivity index (χ1v) is 3.12. The van der Waals surface area contributed by atoms with Gasteiger partial charge in [-0.05, 0) is 25.5 Å². The fraction of sp³-hybridized carbons (Fsp3) is 0.222. The summed E-state index contributed by atoms with van der Waals surface area (Å²) < 4.78 is 0. The predicted molar refractivity (Wildman–Crippen MR) is 43.3 cm³/mol. The fourth-order valence-corrected chi connectivity index (χ4v) is 0.530. The van der Waals surface area contributed by atoms with E-state index in [-0.39, 0.29) is 0 Å².